The molecule has 5 nitrogen and oxygen atoms in total. The maximum atomic E-state index is 12.4. The van der Waals surface area contributed by atoms with Gasteiger partial charge in [0, 0.05) is 18.7 Å². The van der Waals surface area contributed by atoms with Crippen molar-refractivity contribution < 1.29 is 13.2 Å². The minimum atomic E-state index is -3.68. The van der Waals surface area contributed by atoms with Gasteiger partial charge >= 0.3 is 0 Å². The van der Waals surface area contributed by atoms with E-state index >= 15 is 0 Å². The molecule has 128 valence electrons. The van der Waals surface area contributed by atoms with E-state index in [0.29, 0.717) is 23.0 Å². The third-order valence-corrected chi connectivity index (χ3v) is 6.98. The number of fused-ring (bicyclic) bond motifs is 1. The van der Waals surface area contributed by atoms with Gasteiger partial charge in [0.05, 0.1) is 10.0 Å². The molecule has 1 aliphatic heterocycles. The van der Waals surface area contributed by atoms with Gasteiger partial charge in [-0.15, -0.1) is 11.3 Å². The molecule has 1 aromatic carbocycles. The van der Waals surface area contributed by atoms with Gasteiger partial charge in [0.15, 0.2) is 0 Å². The monoisotopic (exact) mass is 384 g/mol. The minimum Gasteiger partial charge on any atom is -0.312 e. The Morgan fingerprint density at radius 1 is 1.33 bits per heavy atom. The number of thiophene rings is 1. The quantitative estimate of drug-likeness (QED) is 0.869. The first-order chi connectivity index (χ1) is 11.4. The van der Waals surface area contributed by atoms with Gasteiger partial charge in [0.1, 0.15) is 4.21 Å². The summed E-state index contributed by atoms with van der Waals surface area (Å²) in [5, 5.41) is 0. The molecule has 24 heavy (non-hydrogen) atoms. The predicted molar refractivity (Wildman–Crippen MR) is 97.5 cm³/mol. The van der Waals surface area contributed by atoms with Crippen LogP contribution in [0, 0.1) is 0 Å². The number of anilines is 2. The highest BCUT2D eigenvalue weighted by Crippen LogP contribution is 2.32. The van der Waals surface area contributed by atoms with Gasteiger partial charge in [-0.25, -0.2) is 8.42 Å². The number of nitrogens with one attached hydrogen (secondary N) is 1. The van der Waals surface area contributed by atoms with Crippen LogP contribution in [0.15, 0.2) is 34.5 Å². The molecule has 2 heterocycles. The Morgan fingerprint density at radius 2 is 2.12 bits per heavy atom. The maximum Gasteiger partial charge on any atom is 0.271 e. The molecule has 1 aromatic heterocycles. The molecule has 0 bridgehead atoms. The SMILES string of the molecule is CCC(=O)N1CCCc2ccc(NS(=O)(=O)c3ccc(Cl)s3)cc21. The molecule has 0 spiro atoms. The van der Waals surface area contributed by atoms with E-state index in [9.17, 15) is 13.2 Å². The van der Waals surface area contributed by atoms with E-state index in [1.807, 2.05) is 13.0 Å². The average Bonchev–Trinajstić information content (AvgIpc) is 3.00. The molecule has 8 heteroatoms. The fourth-order valence-electron chi connectivity index (χ4n) is 2.74. The number of benzene rings is 1. The zero-order chi connectivity index (χ0) is 17.3. The molecule has 1 N–H and O–H groups in total. The van der Waals surface area contributed by atoms with Crippen LogP contribution < -0.4 is 9.62 Å². The number of rotatable bonds is 4. The van der Waals surface area contributed by atoms with Crippen LogP contribution in [-0.4, -0.2) is 20.9 Å². The number of carbonyl (C=O) groups is 1. The number of halogens is 1. The molecule has 3 rings (SSSR count). The van der Waals surface area contributed by atoms with Crippen molar-refractivity contribution in [3.63, 3.8) is 0 Å². The molecule has 0 saturated heterocycles. The lowest BCUT2D eigenvalue weighted by Gasteiger charge is -2.29. The highest BCUT2D eigenvalue weighted by Gasteiger charge is 2.23. The first-order valence-corrected chi connectivity index (χ1v) is 10.3. The molecule has 0 aliphatic carbocycles. The van der Waals surface area contributed by atoms with E-state index in [0.717, 1.165) is 35.4 Å². The van der Waals surface area contributed by atoms with Crippen molar-refractivity contribution in [3.05, 3.63) is 40.2 Å². The van der Waals surface area contributed by atoms with Gasteiger partial charge in [-0.3, -0.25) is 9.52 Å². The van der Waals surface area contributed by atoms with Crippen molar-refractivity contribution in [3.8, 4) is 0 Å². The van der Waals surface area contributed by atoms with Crippen LogP contribution in [-0.2, 0) is 21.2 Å². The molecular weight excluding hydrogens is 368 g/mol. The zero-order valence-electron chi connectivity index (χ0n) is 13.1. The van der Waals surface area contributed by atoms with Gasteiger partial charge in [0.2, 0.25) is 5.91 Å². The van der Waals surface area contributed by atoms with Crippen molar-refractivity contribution in [1.82, 2.24) is 0 Å². The van der Waals surface area contributed by atoms with E-state index in [4.69, 9.17) is 11.6 Å². The number of sulfonamides is 1. The lowest BCUT2D eigenvalue weighted by atomic mass is 10.0. The number of nitrogens with zero attached hydrogens (tertiary/aromatic N) is 1. The largest absolute Gasteiger partial charge is 0.312 e. The van der Waals surface area contributed by atoms with Crippen LogP contribution in [0.5, 0.6) is 0 Å². The minimum absolute atomic E-state index is 0.0426. The Kier molecular flexibility index (Phi) is 4.85. The smallest absolute Gasteiger partial charge is 0.271 e. The fourth-order valence-corrected chi connectivity index (χ4v) is 5.27. The summed E-state index contributed by atoms with van der Waals surface area (Å²) in [4.78, 5) is 13.9. The standard InChI is InChI=1S/C16H17ClN2O3S2/c1-2-15(20)19-9-3-4-11-5-6-12(10-13(11)19)18-24(21,22)16-8-7-14(17)23-16/h5-8,10,18H,2-4,9H2,1H3. The number of carbonyl (C=O) groups excluding carboxylic acids is 1. The zero-order valence-corrected chi connectivity index (χ0v) is 15.5. The molecule has 2 aromatic rings. The molecule has 0 atom stereocenters. The second kappa shape index (κ2) is 6.74. The van der Waals surface area contributed by atoms with Crippen LogP contribution in [0.25, 0.3) is 0 Å². The summed E-state index contributed by atoms with van der Waals surface area (Å²) in [6.45, 7) is 2.49. The van der Waals surface area contributed by atoms with E-state index in [1.54, 1.807) is 23.1 Å². The van der Waals surface area contributed by atoms with E-state index < -0.39 is 10.0 Å². The fraction of sp³-hybridized carbons (Fsp3) is 0.312. The van der Waals surface area contributed by atoms with Crippen LogP contribution in [0.2, 0.25) is 4.34 Å². The van der Waals surface area contributed by atoms with Crippen molar-refractivity contribution in [1.29, 1.82) is 0 Å². The van der Waals surface area contributed by atoms with Crippen LogP contribution in [0.3, 0.4) is 0 Å². The molecule has 0 fully saturated rings. The maximum absolute atomic E-state index is 12.4. The summed E-state index contributed by atoms with van der Waals surface area (Å²) in [6, 6.07) is 8.36. The molecule has 0 unspecified atom stereocenters. The molecule has 0 saturated carbocycles. The highest BCUT2D eigenvalue weighted by molar-refractivity contribution is 7.94. The number of hydrogen-bond donors (Lipinski definition) is 1. The third kappa shape index (κ3) is 3.43. The third-order valence-electron chi connectivity index (χ3n) is 3.87. The molecule has 1 amide bonds. The lowest BCUT2D eigenvalue weighted by Crippen LogP contribution is -2.35. The van der Waals surface area contributed by atoms with Crippen LogP contribution in [0.1, 0.15) is 25.3 Å². The molecule has 0 radical (unpaired) electrons. The Hall–Kier alpha value is -1.57. The highest BCUT2D eigenvalue weighted by atomic mass is 35.5. The summed E-state index contributed by atoms with van der Waals surface area (Å²) < 4.78 is 28.0. The topological polar surface area (TPSA) is 66.5 Å². The summed E-state index contributed by atoms with van der Waals surface area (Å²) in [5.74, 6) is 0.0426. The normalized spacial score (nSPS) is 14.3. The van der Waals surface area contributed by atoms with Gasteiger partial charge in [-0.2, -0.15) is 0 Å². The van der Waals surface area contributed by atoms with Gasteiger partial charge in [0.25, 0.3) is 10.0 Å². The Labute approximate surface area is 150 Å². The second-order valence-electron chi connectivity index (χ2n) is 5.51. The average molecular weight is 385 g/mol. The number of amides is 1. The Morgan fingerprint density at radius 3 is 2.79 bits per heavy atom. The summed E-state index contributed by atoms with van der Waals surface area (Å²) in [5.41, 5.74) is 2.29. The molecular formula is C16H17ClN2O3S2. The second-order valence-corrected chi connectivity index (χ2v) is 9.13. The van der Waals surface area contributed by atoms with Crippen molar-refractivity contribution in [2.75, 3.05) is 16.2 Å². The first-order valence-electron chi connectivity index (χ1n) is 7.62. The number of aryl methyl sites for hydroxylation is 1. The molecule has 1 aliphatic rings. The van der Waals surface area contributed by atoms with Gasteiger partial charge in [-0.1, -0.05) is 24.6 Å². The Bertz CT molecular complexity index is 877. The lowest BCUT2D eigenvalue weighted by molar-refractivity contribution is -0.118. The summed E-state index contributed by atoms with van der Waals surface area (Å²) in [7, 11) is -3.68. The summed E-state index contributed by atoms with van der Waals surface area (Å²) >= 11 is 6.82. The van der Waals surface area contributed by atoms with E-state index in [2.05, 4.69) is 4.72 Å². The van der Waals surface area contributed by atoms with Crippen molar-refractivity contribution >= 4 is 50.2 Å². The van der Waals surface area contributed by atoms with E-state index in [1.165, 1.54) is 6.07 Å². The Balaban J connectivity index is 1.92. The first kappa shape index (κ1) is 17.3. The predicted octanol–water partition coefficient (Wildman–Crippen LogP) is 3.89. The van der Waals surface area contributed by atoms with Crippen LogP contribution in [0.4, 0.5) is 11.4 Å². The van der Waals surface area contributed by atoms with Gasteiger partial charge in [-0.05, 0) is 42.7 Å². The summed E-state index contributed by atoms with van der Waals surface area (Å²) in [6.07, 6.45) is 2.22. The van der Waals surface area contributed by atoms with E-state index in [-0.39, 0.29) is 10.1 Å². The number of hydrogen-bond acceptors (Lipinski definition) is 4. The van der Waals surface area contributed by atoms with Crippen LogP contribution >= 0.6 is 22.9 Å². The van der Waals surface area contributed by atoms with Crippen molar-refractivity contribution in [2.45, 2.75) is 30.4 Å². The van der Waals surface area contributed by atoms with Gasteiger partial charge < -0.3 is 4.90 Å². The van der Waals surface area contributed by atoms with Crippen molar-refractivity contribution in [2.24, 2.45) is 0 Å².